The third kappa shape index (κ3) is 3.02. The minimum atomic E-state index is -1.51. The number of nitrogen functional groups attached to an aromatic ring is 1. The Bertz CT molecular complexity index is 1300. The highest BCUT2D eigenvalue weighted by Gasteiger charge is 2.27. The van der Waals surface area contributed by atoms with E-state index in [2.05, 4.69) is 91.4 Å². The van der Waals surface area contributed by atoms with Crippen LogP contribution in [0.15, 0.2) is 89.8 Å². The van der Waals surface area contributed by atoms with Gasteiger partial charge in [-0.25, -0.2) is 0 Å². The van der Waals surface area contributed by atoms with E-state index < -0.39 is 10.2 Å². The average molecular weight is 411 g/mol. The minimum Gasteiger partial charge on any atom is -0.398 e. The van der Waals surface area contributed by atoms with E-state index in [1.54, 1.807) is 0 Å². The molecule has 0 radical (unpaired) electrons. The summed E-state index contributed by atoms with van der Waals surface area (Å²) in [5.74, 6) is 0.216. The van der Waals surface area contributed by atoms with E-state index in [-0.39, 0.29) is 5.92 Å². The molecule has 0 saturated carbocycles. The van der Waals surface area contributed by atoms with Crippen LogP contribution in [-0.2, 0) is 0 Å². The second kappa shape index (κ2) is 7.05. The Hall–Kier alpha value is -3.01. The molecule has 0 aromatic heterocycles. The van der Waals surface area contributed by atoms with Crippen molar-refractivity contribution < 1.29 is 0 Å². The summed E-state index contributed by atoms with van der Waals surface area (Å²) >= 11 is 0. The Labute approximate surface area is 179 Å². The van der Waals surface area contributed by atoms with Gasteiger partial charge in [0.05, 0.1) is 0 Å². The summed E-state index contributed by atoms with van der Waals surface area (Å²) in [6.45, 7) is 0. The van der Waals surface area contributed by atoms with Gasteiger partial charge in [-0.2, -0.15) is 10.2 Å². The number of hydrogen-bond acceptors (Lipinski definition) is 2. The maximum absolute atomic E-state index is 6.86. The van der Waals surface area contributed by atoms with Gasteiger partial charge in [0.25, 0.3) is 0 Å². The summed E-state index contributed by atoms with van der Waals surface area (Å²) in [4.78, 5) is 1.23. The highest BCUT2D eigenvalue weighted by atomic mass is 32.3. The van der Waals surface area contributed by atoms with Gasteiger partial charge < -0.3 is 5.73 Å². The van der Waals surface area contributed by atoms with Crippen molar-refractivity contribution in [3.05, 3.63) is 102 Å². The minimum absolute atomic E-state index is 0.216. The predicted molar refractivity (Wildman–Crippen MR) is 133 cm³/mol. The monoisotopic (exact) mass is 410 g/mol. The van der Waals surface area contributed by atoms with E-state index in [4.69, 9.17) is 10.9 Å². The second-order valence-electron chi connectivity index (χ2n) is 8.34. The molecule has 4 N–H and O–H groups in total. The van der Waals surface area contributed by atoms with Crippen LogP contribution in [0.25, 0.3) is 28.0 Å². The van der Waals surface area contributed by atoms with Crippen molar-refractivity contribution in [3.63, 3.8) is 0 Å². The van der Waals surface area contributed by atoms with Gasteiger partial charge in [0.2, 0.25) is 0 Å². The summed E-state index contributed by atoms with van der Waals surface area (Å²) < 4.78 is 0. The van der Waals surface area contributed by atoms with Gasteiger partial charge in [-0.3, -0.25) is 5.14 Å². The second-order valence-corrected chi connectivity index (χ2v) is 11.6. The van der Waals surface area contributed by atoms with Crippen molar-refractivity contribution in [2.75, 3.05) is 18.2 Å². The third-order valence-corrected chi connectivity index (χ3v) is 7.47. The normalized spacial score (nSPS) is 16.0. The van der Waals surface area contributed by atoms with Crippen molar-refractivity contribution in [1.82, 2.24) is 0 Å². The van der Waals surface area contributed by atoms with Crippen molar-refractivity contribution in [1.29, 1.82) is 0 Å². The van der Waals surface area contributed by atoms with Crippen LogP contribution in [0.1, 0.15) is 22.6 Å². The van der Waals surface area contributed by atoms with Crippen LogP contribution in [0.2, 0.25) is 0 Å². The fourth-order valence-electron chi connectivity index (χ4n) is 4.65. The molecule has 150 valence electrons. The van der Waals surface area contributed by atoms with E-state index in [9.17, 15) is 0 Å². The van der Waals surface area contributed by atoms with Crippen molar-refractivity contribution in [3.8, 4) is 11.1 Å². The number of nitrogens with two attached hydrogens (primary N) is 2. The molecule has 0 fully saturated rings. The van der Waals surface area contributed by atoms with Crippen LogP contribution in [-0.4, -0.2) is 12.5 Å². The standard InChI is InChI=1S/C27H26N2S/c1-30(2,29)27-24(22-16-14-18-8-3-5-10-20(18)22)12-7-13-25(27)23-17-15-19-9-4-6-11-21(19)26(23)28/h3-17,22H,28-29H2,1-2H3. The summed E-state index contributed by atoms with van der Waals surface area (Å²) in [7, 11) is -1.51. The maximum Gasteiger partial charge on any atom is 0.0473 e. The quantitative estimate of drug-likeness (QED) is 0.377. The highest BCUT2D eigenvalue weighted by molar-refractivity contribution is 8.31. The first-order chi connectivity index (χ1) is 14.4. The topological polar surface area (TPSA) is 52.0 Å². The molecule has 3 heteroatoms. The van der Waals surface area contributed by atoms with Gasteiger partial charge in [0.1, 0.15) is 0 Å². The molecule has 0 aliphatic heterocycles. The lowest BCUT2D eigenvalue weighted by molar-refractivity contribution is 1.00. The molecule has 0 saturated heterocycles. The largest absolute Gasteiger partial charge is 0.398 e. The number of allylic oxidation sites excluding steroid dienone is 1. The summed E-state index contributed by atoms with van der Waals surface area (Å²) in [5, 5.41) is 9.11. The SMILES string of the molecule is CS(C)(N)c1c(-c2ccc3ccccc3c2N)cccc1C1C=Cc2ccccc21. The van der Waals surface area contributed by atoms with Crippen LogP contribution < -0.4 is 10.9 Å². The van der Waals surface area contributed by atoms with Crippen LogP contribution in [0.5, 0.6) is 0 Å². The number of fused-ring (bicyclic) bond motifs is 2. The summed E-state index contributed by atoms with van der Waals surface area (Å²) in [5.41, 5.74) is 13.6. The summed E-state index contributed by atoms with van der Waals surface area (Å²) in [6, 6.07) is 27.7. The molecule has 2 nitrogen and oxygen atoms in total. The lowest BCUT2D eigenvalue weighted by Crippen LogP contribution is -2.13. The van der Waals surface area contributed by atoms with Gasteiger partial charge in [-0.05, 0) is 40.2 Å². The Morgan fingerprint density at radius 2 is 1.47 bits per heavy atom. The third-order valence-electron chi connectivity index (χ3n) is 5.97. The van der Waals surface area contributed by atoms with E-state index in [0.29, 0.717) is 0 Å². The first kappa shape index (κ1) is 19.0. The van der Waals surface area contributed by atoms with Crippen molar-refractivity contribution in [2.45, 2.75) is 10.8 Å². The Morgan fingerprint density at radius 1 is 0.733 bits per heavy atom. The van der Waals surface area contributed by atoms with Crippen molar-refractivity contribution >= 4 is 32.7 Å². The van der Waals surface area contributed by atoms with E-state index >= 15 is 0 Å². The smallest absolute Gasteiger partial charge is 0.0473 e. The van der Waals surface area contributed by atoms with E-state index in [1.165, 1.54) is 21.6 Å². The van der Waals surface area contributed by atoms with Crippen LogP contribution in [0, 0.1) is 0 Å². The van der Waals surface area contributed by atoms with Gasteiger partial charge in [0.15, 0.2) is 0 Å². The number of hydrogen-bond donors (Lipinski definition) is 2. The molecule has 4 aromatic carbocycles. The number of benzene rings is 4. The molecule has 1 atom stereocenters. The molecule has 0 bridgehead atoms. The first-order valence-corrected chi connectivity index (χ1v) is 12.6. The van der Waals surface area contributed by atoms with Crippen LogP contribution >= 0.6 is 10.2 Å². The fourth-order valence-corrected chi connectivity index (χ4v) is 6.20. The lowest BCUT2D eigenvalue weighted by Gasteiger charge is -2.33. The fraction of sp³-hybridized carbons (Fsp3) is 0.111. The van der Waals surface area contributed by atoms with Crippen molar-refractivity contribution in [2.24, 2.45) is 5.14 Å². The molecule has 1 unspecified atom stereocenters. The lowest BCUT2D eigenvalue weighted by atomic mass is 9.90. The van der Waals surface area contributed by atoms with Gasteiger partial charge in [-0.15, -0.1) is 0 Å². The van der Waals surface area contributed by atoms with E-state index in [1.807, 2.05) is 12.1 Å². The molecule has 1 aliphatic rings. The van der Waals surface area contributed by atoms with Gasteiger partial charge in [0, 0.05) is 27.5 Å². The van der Waals surface area contributed by atoms with Gasteiger partial charge in [-0.1, -0.05) is 91.0 Å². The molecule has 5 rings (SSSR count). The maximum atomic E-state index is 6.86. The molecule has 1 aliphatic carbocycles. The molecular weight excluding hydrogens is 384 g/mol. The average Bonchev–Trinajstić information content (AvgIpc) is 3.17. The predicted octanol–water partition coefficient (Wildman–Crippen LogP) is 6.54. The Morgan fingerprint density at radius 3 is 2.30 bits per heavy atom. The zero-order valence-corrected chi connectivity index (χ0v) is 18.1. The zero-order valence-electron chi connectivity index (χ0n) is 17.3. The highest BCUT2D eigenvalue weighted by Crippen LogP contribution is 2.53. The Balaban J connectivity index is 1.77. The molecule has 0 amide bonds. The molecule has 30 heavy (non-hydrogen) atoms. The molecular formula is C27H26N2S. The van der Waals surface area contributed by atoms with Gasteiger partial charge >= 0.3 is 0 Å². The summed E-state index contributed by atoms with van der Waals surface area (Å²) in [6.07, 6.45) is 8.84. The van der Waals surface area contributed by atoms with Crippen LogP contribution in [0.4, 0.5) is 5.69 Å². The first-order valence-electron chi connectivity index (χ1n) is 10.1. The number of anilines is 1. The Kier molecular flexibility index (Phi) is 4.46. The zero-order chi connectivity index (χ0) is 20.9. The molecule has 4 aromatic rings. The van der Waals surface area contributed by atoms with Crippen LogP contribution in [0.3, 0.4) is 0 Å². The molecule has 0 spiro atoms. The number of rotatable bonds is 3. The molecule has 0 heterocycles. The van der Waals surface area contributed by atoms with E-state index in [0.717, 1.165) is 27.6 Å².